The molecule has 0 bridgehead atoms. The first-order chi connectivity index (χ1) is 13.5. The number of carbonyl (C=O) groups excluding carboxylic acids is 1. The van der Waals surface area contributed by atoms with E-state index in [1.54, 1.807) is 0 Å². The first-order valence-electron chi connectivity index (χ1n) is 9.00. The molecule has 3 rings (SSSR count). The Morgan fingerprint density at radius 2 is 2.00 bits per heavy atom. The van der Waals surface area contributed by atoms with Crippen molar-refractivity contribution in [2.24, 2.45) is 0 Å². The minimum atomic E-state index is -0.171. The van der Waals surface area contributed by atoms with E-state index in [4.69, 9.17) is 4.74 Å². The maximum absolute atomic E-state index is 12.4. The molecule has 2 aromatic heterocycles. The van der Waals surface area contributed by atoms with Crippen LogP contribution in [0, 0.1) is 13.8 Å². The van der Waals surface area contributed by atoms with Gasteiger partial charge in [-0.15, -0.1) is 11.3 Å². The number of benzene rings is 1. The van der Waals surface area contributed by atoms with Crippen molar-refractivity contribution in [2.75, 3.05) is 13.2 Å². The van der Waals surface area contributed by atoms with Gasteiger partial charge < -0.3 is 10.1 Å². The number of aryl methyl sites for hydroxylation is 2. The Balaban J connectivity index is 1.62. The van der Waals surface area contributed by atoms with Crippen molar-refractivity contribution in [2.45, 2.75) is 27.3 Å². The van der Waals surface area contributed by atoms with Crippen LogP contribution in [0.2, 0.25) is 0 Å². The molecule has 0 aliphatic heterocycles. The molecule has 8 heteroatoms. The molecule has 1 amide bonds. The first kappa shape index (κ1) is 19.8. The zero-order valence-electron chi connectivity index (χ0n) is 16.1. The highest BCUT2D eigenvalue weighted by Crippen LogP contribution is 2.19. The molecule has 28 heavy (non-hydrogen) atoms. The van der Waals surface area contributed by atoms with Crippen LogP contribution in [0.15, 0.2) is 41.5 Å². The zero-order chi connectivity index (χ0) is 20.1. The smallest absolute Gasteiger partial charge is 0.263 e. The molecule has 1 N–H and O–H groups in total. The number of nitrogens with zero attached hydrogens (tertiary/aromatic N) is 3. The van der Waals surface area contributed by atoms with Crippen molar-refractivity contribution < 1.29 is 9.53 Å². The van der Waals surface area contributed by atoms with E-state index >= 15 is 0 Å². The molecule has 0 unspecified atom stereocenters. The molecule has 0 radical (unpaired) electrons. The lowest BCUT2D eigenvalue weighted by Crippen LogP contribution is -2.30. The minimum absolute atomic E-state index is 0.169. The number of hydrogen-bond acceptors (Lipinski definition) is 6. The van der Waals surface area contributed by atoms with Crippen LogP contribution in [0.3, 0.4) is 0 Å². The van der Waals surface area contributed by atoms with E-state index in [1.807, 2.05) is 45.0 Å². The number of ether oxygens (including phenoxy) is 1. The summed E-state index contributed by atoms with van der Waals surface area (Å²) in [5, 5.41) is 3.68. The summed E-state index contributed by atoms with van der Waals surface area (Å²) in [6, 6.07) is 8.94. The van der Waals surface area contributed by atoms with Gasteiger partial charge >= 0.3 is 0 Å². The second-order valence-corrected chi connectivity index (χ2v) is 7.37. The summed E-state index contributed by atoms with van der Waals surface area (Å²) in [4.78, 5) is 33.8. The number of amides is 1. The molecule has 0 saturated heterocycles. The van der Waals surface area contributed by atoms with Crippen molar-refractivity contribution in [3.8, 4) is 17.0 Å². The van der Waals surface area contributed by atoms with E-state index in [-0.39, 0.29) is 11.5 Å². The molecule has 3 aromatic rings. The molecular weight excluding hydrogens is 376 g/mol. The fourth-order valence-corrected chi connectivity index (χ4v) is 3.59. The van der Waals surface area contributed by atoms with Gasteiger partial charge in [0.1, 0.15) is 10.6 Å². The normalized spacial score (nSPS) is 10.7. The van der Waals surface area contributed by atoms with E-state index in [9.17, 15) is 9.59 Å². The largest absolute Gasteiger partial charge is 0.494 e. The van der Waals surface area contributed by atoms with Crippen molar-refractivity contribution >= 4 is 17.2 Å². The number of carbonyl (C=O) groups is 1. The van der Waals surface area contributed by atoms with Gasteiger partial charge in [-0.05, 0) is 45.0 Å². The summed E-state index contributed by atoms with van der Waals surface area (Å²) in [6.45, 7) is 6.89. The molecule has 1 aromatic carbocycles. The summed E-state index contributed by atoms with van der Waals surface area (Å²) in [5.41, 5.74) is 2.00. The van der Waals surface area contributed by atoms with Crippen molar-refractivity contribution in [3.63, 3.8) is 0 Å². The molecule has 0 saturated carbocycles. The molecule has 2 heterocycles. The SMILES string of the molecule is CCOc1ccc(-c2cc(=O)n(CCNC(=O)c3sc(C)nc3C)cn2)cc1. The summed E-state index contributed by atoms with van der Waals surface area (Å²) in [5.74, 6) is 0.608. The highest BCUT2D eigenvalue weighted by atomic mass is 32.1. The second kappa shape index (κ2) is 8.79. The van der Waals surface area contributed by atoms with E-state index in [2.05, 4.69) is 15.3 Å². The maximum Gasteiger partial charge on any atom is 0.263 e. The summed E-state index contributed by atoms with van der Waals surface area (Å²) < 4.78 is 6.90. The quantitative estimate of drug-likeness (QED) is 0.661. The predicted octanol–water partition coefficient (Wildman–Crippen LogP) is 2.81. The van der Waals surface area contributed by atoms with Gasteiger partial charge in [-0.25, -0.2) is 9.97 Å². The first-order valence-corrected chi connectivity index (χ1v) is 9.81. The number of aromatic nitrogens is 3. The molecule has 0 atom stereocenters. The highest BCUT2D eigenvalue weighted by molar-refractivity contribution is 7.13. The Bertz CT molecular complexity index is 1020. The Morgan fingerprint density at radius 1 is 1.25 bits per heavy atom. The van der Waals surface area contributed by atoms with E-state index in [0.29, 0.717) is 30.3 Å². The van der Waals surface area contributed by atoms with Gasteiger partial charge in [0.2, 0.25) is 0 Å². The third kappa shape index (κ3) is 4.64. The third-order valence-electron chi connectivity index (χ3n) is 4.09. The van der Waals surface area contributed by atoms with Gasteiger partial charge in [-0.2, -0.15) is 0 Å². The van der Waals surface area contributed by atoms with Gasteiger partial charge in [0, 0.05) is 24.7 Å². The van der Waals surface area contributed by atoms with E-state index < -0.39 is 0 Å². The molecular formula is C20H22N4O3S. The highest BCUT2D eigenvalue weighted by Gasteiger charge is 2.13. The minimum Gasteiger partial charge on any atom is -0.494 e. The van der Waals surface area contributed by atoms with Crippen molar-refractivity contribution in [3.05, 3.63) is 62.6 Å². The monoisotopic (exact) mass is 398 g/mol. The molecule has 0 aliphatic rings. The van der Waals surface area contributed by atoms with Crippen LogP contribution in [0.4, 0.5) is 0 Å². The molecule has 146 valence electrons. The average Bonchev–Trinajstić information content (AvgIpc) is 3.02. The van der Waals surface area contributed by atoms with Crippen LogP contribution in [0.1, 0.15) is 27.3 Å². The van der Waals surface area contributed by atoms with E-state index in [0.717, 1.165) is 22.0 Å². The molecule has 0 aliphatic carbocycles. The number of rotatable bonds is 7. The number of hydrogen-bond donors (Lipinski definition) is 1. The lowest BCUT2D eigenvalue weighted by molar-refractivity contribution is 0.0955. The van der Waals surface area contributed by atoms with Gasteiger partial charge in [-0.3, -0.25) is 14.2 Å². The molecule has 7 nitrogen and oxygen atoms in total. The second-order valence-electron chi connectivity index (χ2n) is 6.17. The predicted molar refractivity (Wildman–Crippen MR) is 109 cm³/mol. The fourth-order valence-electron chi connectivity index (χ4n) is 2.75. The van der Waals surface area contributed by atoms with E-state index in [1.165, 1.54) is 28.3 Å². The van der Waals surface area contributed by atoms with Crippen LogP contribution in [-0.2, 0) is 6.54 Å². The van der Waals surface area contributed by atoms with Crippen LogP contribution < -0.4 is 15.6 Å². The Hall–Kier alpha value is -3.00. The summed E-state index contributed by atoms with van der Waals surface area (Å²) in [7, 11) is 0. The van der Waals surface area contributed by atoms with Gasteiger partial charge in [-0.1, -0.05) is 0 Å². The Kier molecular flexibility index (Phi) is 6.20. The number of nitrogens with one attached hydrogen (secondary N) is 1. The van der Waals surface area contributed by atoms with Gasteiger partial charge in [0.25, 0.3) is 11.5 Å². The topological polar surface area (TPSA) is 86.1 Å². The standard InChI is InChI=1S/C20H22N4O3S/c1-4-27-16-7-5-15(6-8-16)17-11-18(25)24(12-22-17)10-9-21-20(26)19-13(2)23-14(3)28-19/h5-8,11-12H,4,9-10H2,1-3H3,(H,21,26). The maximum atomic E-state index is 12.4. The van der Waals surface area contributed by atoms with Crippen molar-refractivity contribution in [1.82, 2.24) is 19.9 Å². The lowest BCUT2D eigenvalue weighted by atomic mass is 10.1. The Morgan fingerprint density at radius 3 is 2.61 bits per heavy atom. The molecule has 0 spiro atoms. The molecule has 0 fully saturated rings. The third-order valence-corrected chi connectivity index (χ3v) is 5.16. The summed E-state index contributed by atoms with van der Waals surface area (Å²) in [6.07, 6.45) is 1.50. The lowest BCUT2D eigenvalue weighted by Gasteiger charge is -2.08. The van der Waals surface area contributed by atoms with Crippen molar-refractivity contribution in [1.29, 1.82) is 0 Å². The van der Waals surface area contributed by atoms with Gasteiger partial charge in [0.15, 0.2) is 0 Å². The van der Waals surface area contributed by atoms with Gasteiger partial charge in [0.05, 0.1) is 29.3 Å². The van der Waals surface area contributed by atoms with Crippen LogP contribution in [-0.4, -0.2) is 33.6 Å². The zero-order valence-corrected chi connectivity index (χ0v) is 16.9. The fraction of sp³-hybridized carbons (Fsp3) is 0.300. The summed E-state index contributed by atoms with van der Waals surface area (Å²) >= 11 is 1.36. The van der Waals surface area contributed by atoms with Crippen LogP contribution in [0.25, 0.3) is 11.3 Å². The van der Waals surface area contributed by atoms with Crippen LogP contribution >= 0.6 is 11.3 Å². The Labute approximate surface area is 167 Å². The van der Waals surface area contributed by atoms with Crippen LogP contribution in [0.5, 0.6) is 5.75 Å². The average molecular weight is 398 g/mol. The number of thiazole rings is 1.